The fraction of sp³-hybridized carbons (Fsp3) is 0.400. The van der Waals surface area contributed by atoms with Crippen LogP contribution in [0.1, 0.15) is 103 Å². The Bertz CT molecular complexity index is 2630. The molecule has 4 atom stereocenters. The Labute approximate surface area is 347 Å². The Morgan fingerprint density at radius 1 is 0.967 bits per heavy atom. The summed E-state index contributed by atoms with van der Waals surface area (Å²) in [7, 11) is 0. The number of rotatable bonds is 10. The number of amides is 3. The molecular formula is C45H49N11O4. The zero-order valence-electron chi connectivity index (χ0n) is 34.7. The number of aryl methyl sites for hydroxylation is 2. The van der Waals surface area contributed by atoms with Gasteiger partial charge in [-0.25, -0.2) is 4.98 Å². The molecule has 3 fully saturated rings. The van der Waals surface area contributed by atoms with Crippen molar-refractivity contribution < 1.29 is 18.9 Å². The van der Waals surface area contributed by atoms with Crippen molar-refractivity contribution in [1.82, 2.24) is 50.8 Å². The largest absolute Gasteiger partial charge is 0.364 e. The van der Waals surface area contributed by atoms with E-state index in [1.807, 2.05) is 72.3 Å². The van der Waals surface area contributed by atoms with Gasteiger partial charge in [-0.05, 0) is 86.2 Å². The van der Waals surface area contributed by atoms with E-state index in [2.05, 4.69) is 71.1 Å². The van der Waals surface area contributed by atoms with Crippen LogP contribution in [-0.2, 0) is 21.4 Å². The Kier molecular flexibility index (Phi) is 10.0. The number of imide groups is 1. The van der Waals surface area contributed by atoms with Crippen molar-refractivity contribution >= 4 is 34.4 Å². The number of aromatic amines is 1. The van der Waals surface area contributed by atoms with Crippen LogP contribution in [0.15, 0.2) is 65.6 Å². The minimum atomic E-state index is -0.391. The number of carbonyl (C=O) groups excluding carboxylic acids is 3. The van der Waals surface area contributed by atoms with E-state index in [1.54, 1.807) is 0 Å². The number of carbonyl (C=O) groups is 3. The number of anilines is 1. The minimum Gasteiger partial charge on any atom is -0.364 e. The third-order valence-electron chi connectivity index (χ3n) is 12.3. The molecule has 308 valence electrons. The molecule has 0 saturated carbocycles. The first-order valence-corrected chi connectivity index (χ1v) is 20.7. The number of hydrogen-bond acceptors (Lipinski definition) is 12. The number of aromatic nitrogens is 7. The molecule has 9 rings (SSSR count). The maximum absolute atomic E-state index is 12.9. The minimum absolute atomic E-state index is 0.0155. The molecule has 0 radical (unpaired) electrons. The third kappa shape index (κ3) is 7.53. The summed E-state index contributed by atoms with van der Waals surface area (Å²) in [6, 6.07) is 15.1. The maximum atomic E-state index is 12.9. The second-order valence-corrected chi connectivity index (χ2v) is 17.5. The summed E-state index contributed by atoms with van der Waals surface area (Å²) >= 11 is 0. The number of piperidine rings is 1. The van der Waals surface area contributed by atoms with Crippen LogP contribution in [0.3, 0.4) is 0 Å². The van der Waals surface area contributed by atoms with Crippen LogP contribution in [0.4, 0.5) is 5.69 Å². The van der Waals surface area contributed by atoms with Crippen molar-refractivity contribution in [3.63, 3.8) is 0 Å². The number of piperazine rings is 1. The predicted molar refractivity (Wildman–Crippen MR) is 225 cm³/mol. The lowest BCUT2D eigenvalue weighted by Crippen LogP contribution is -2.47. The van der Waals surface area contributed by atoms with Gasteiger partial charge >= 0.3 is 0 Å². The summed E-state index contributed by atoms with van der Waals surface area (Å²) in [6.07, 6.45) is 8.49. The summed E-state index contributed by atoms with van der Waals surface area (Å²) < 4.78 is 5.31. The van der Waals surface area contributed by atoms with Crippen molar-refractivity contribution in [3.8, 4) is 22.5 Å². The van der Waals surface area contributed by atoms with E-state index in [0.717, 1.165) is 94.0 Å². The SMILES string of the molecule is Cc1cc(CCN2CC3CC2CN3c2ccc(-c3cnc4[nH]nc(-c5ccc([C@@H](C)NC(=O)c6noc(C(C)(C)C)n6)c(C)c5)c4c3)nc2)ncc1C1CCC(=O)NC1=O. The van der Waals surface area contributed by atoms with Gasteiger partial charge in [0.2, 0.25) is 17.7 Å². The molecule has 3 amide bonds. The van der Waals surface area contributed by atoms with Crippen LogP contribution in [0.5, 0.6) is 0 Å². The Balaban J connectivity index is 0.822. The molecule has 3 N–H and O–H groups in total. The van der Waals surface area contributed by atoms with Crippen molar-refractivity contribution in [3.05, 3.63) is 101 Å². The van der Waals surface area contributed by atoms with Crippen LogP contribution in [0.2, 0.25) is 0 Å². The zero-order chi connectivity index (χ0) is 41.9. The highest BCUT2D eigenvalue weighted by molar-refractivity contribution is 6.01. The molecule has 2 bridgehead atoms. The van der Waals surface area contributed by atoms with Gasteiger partial charge in [-0.15, -0.1) is 0 Å². The molecule has 1 aromatic carbocycles. The first kappa shape index (κ1) is 39.1. The van der Waals surface area contributed by atoms with Gasteiger partial charge < -0.3 is 14.7 Å². The molecule has 5 aromatic heterocycles. The Morgan fingerprint density at radius 3 is 2.52 bits per heavy atom. The molecular weight excluding hydrogens is 759 g/mol. The van der Waals surface area contributed by atoms with Crippen molar-refractivity contribution in [2.24, 2.45) is 0 Å². The molecule has 3 aliphatic heterocycles. The molecule has 3 saturated heterocycles. The summed E-state index contributed by atoms with van der Waals surface area (Å²) in [4.78, 5) is 60.6. The number of pyridine rings is 3. The van der Waals surface area contributed by atoms with Crippen molar-refractivity contribution in [1.29, 1.82) is 0 Å². The van der Waals surface area contributed by atoms with Gasteiger partial charge in [0.05, 0.1) is 29.5 Å². The van der Waals surface area contributed by atoms with E-state index in [-0.39, 0.29) is 35.0 Å². The fourth-order valence-corrected chi connectivity index (χ4v) is 8.97. The summed E-state index contributed by atoms with van der Waals surface area (Å²) in [5.74, 6) is -0.705. The van der Waals surface area contributed by atoms with Crippen molar-refractivity contribution in [2.75, 3.05) is 24.5 Å². The number of benzene rings is 1. The highest BCUT2D eigenvalue weighted by atomic mass is 16.5. The molecule has 6 aromatic rings. The summed E-state index contributed by atoms with van der Waals surface area (Å²) in [5, 5.41) is 18.0. The highest BCUT2D eigenvalue weighted by Gasteiger charge is 2.43. The fourth-order valence-electron chi connectivity index (χ4n) is 8.97. The van der Waals surface area contributed by atoms with Crippen LogP contribution < -0.4 is 15.5 Å². The lowest BCUT2D eigenvalue weighted by Gasteiger charge is -2.35. The normalized spacial score (nSPS) is 19.9. The molecule has 3 aliphatic rings. The molecule has 0 aliphatic carbocycles. The maximum Gasteiger partial charge on any atom is 0.293 e. The van der Waals surface area contributed by atoms with Gasteiger partial charge in [0.15, 0.2) is 5.65 Å². The van der Waals surface area contributed by atoms with E-state index < -0.39 is 5.91 Å². The highest BCUT2D eigenvalue weighted by Crippen LogP contribution is 2.36. The number of nitrogens with zero attached hydrogens (tertiary/aromatic N) is 8. The zero-order valence-corrected chi connectivity index (χ0v) is 34.7. The molecule has 15 heteroatoms. The monoisotopic (exact) mass is 807 g/mol. The van der Waals surface area contributed by atoms with E-state index >= 15 is 0 Å². The smallest absolute Gasteiger partial charge is 0.293 e. The standard InChI is InChI=1S/C45H49N11O4/c1-24-15-27(7-9-33(24)26(3)49-43(59)41-51-44(60-54-41)45(4,5)6)39-35-17-28(19-48-40(35)53-52-39)37-11-8-30(20-47-37)56-23-31-18-32(56)22-55(31)14-13-29-16-25(2)36(21-46-29)34-10-12-38(57)50-42(34)58/h7-9,11,15-17,19-21,26,31-32,34H,10,12-14,18,22-23H2,1-6H3,(H,49,59)(H,48,52,53)(H,50,57,58)/t26-,31?,32?,34?/m1/s1. The average molecular weight is 808 g/mol. The number of H-pyrrole nitrogens is 1. The van der Waals surface area contributed by atoms with Gasteiger partial charge in [0.25, 0.3) is 11.7 Å². The van der Waals surface area contributed by atoms with Crippen LogP contribution >= 0.6 is 0 Å². The topological polar surface area (TPSA) is 188 Å². The quantitative estimate of drug-likeness (QED) is 0.139. The van der Waals surface area contributed by atoms with Gasteiger partial charge in [-0.3, -0.25) is 39.7 Å². The number of likely N-dealkylation sites (tertiary alicyclic amines) is 1. The molecule has 0 spiro atoms. The second kappa shape index (κ2) is 15.4. The second-order valence-electron chi connectivity index (χ2n) is 17.5. The van der Waals surface area contributed by atoms with Gasteiger partial charge in [0, 0.05) is 84.6 Å². The van der Waals surface area contributed by atoms with Gasteiger partial charge in [0.1, 0.15) is 5.69 Å². The predicted octanol–water partition coefficient (Wildman–Crippen LogP) is 5.90. The van der Waals surface area contributed by atoms with E-state index in [0.29, 0.717) is 36.5 Å². The van der Waals surface area contributed by atoms with E-state index in [9.17, 15) is 14.4 Å². The van der Waals surface area contributed by atoms with Crippen LogP contribution in [-0.4, -0.2) is 89.6 Å². The lowest BCUT2D eigenvalue weighted by molar-refractivity contribution is -0.134. The van der Waals surface area contributed by atoms with Gasteiger partial charge in [-0.1, -0.05) is 38.1 Å². The summed E-state index contributed by atoms with van der Waals surface area (Å²) in [6.45, 7) is 14.7. The van der Waals surface area contributed by atoms with Gasteiger partial charge in [-0.2, -0.15) is 10.1 Å². The first-order valence-electron chi connectivity index (χ1n) is 20.7. The van der Waals surface area contributed by atoms with E-state index in [4.69, 9.17) is 19.5 Å². The number of nitrogens with one attached hydrogen (secondary N) is 3. The molecule has 15 nitrogen and oxygen atoms in total. The Morgan fingerprint density at radius 2 is 1.82 bits per heavy atom. The average Bonchev–Trinajstić information content (AvgIpc) is 4.05. The molecule has 3 unspecified atom stereocenters. The molecule has 8 heterocycles. The first-order chi connectivity index (χ1) is 28.8. The van der Waals surface area contributed by atoms with Crippen LogP contribution in [0.25, 0.3) is 33.5 Å². The lowest BCUT2D eigenvalue weighted by atomic mass is 9.88. The molecule has 60 heavy (non-hydrogen) atoms. The number of hydrogen-bond donors (Lipinski definition) is 3. The summed E-state index contributed by atoms with van der Waals surface area (Å²) in [5.41, 5.74) is 9.88. The van der Waals surface area contributed by atoms with Crippen molar-refractivity contribution in [2.45, 2.75) is 96.7 Å². The van der Waals surface area contributed by atoms with Crippen LogP contribution in [0, 0.1) is 13.8 Å². The third-order valence-corrected chi connectivity index (χ3v) is 12.3. The number of fused-ring (bicyclic) bond motifs is 3. The Hall–Kier alpha value is -6.35. The van der Waals surface area contributed by atoms with E-state index in [1.165, 1.54) is 0 Å².